The van der Waals surface area contributed by atoms with Crippen molar-refractivity contribution in [2.75, 3.05) is 36.5 Å². The van der Waals surface area contributed by atoms with Crippen molar-refractivity contribution in [3.63, 3.8) is 0 Å². The fraction of sp³-hybridized carbons (Fsp3) is 0.269. The van der Waals surface area contributed by atoms with Crippen LogP contribution in [-0.4, -0.2) is 64.0 Å². The maximum Gasteiger partial charge on any atom is 0.206 e. The number of nitrogens with zero attached hydrogens (tertiary/aromatic N) is 4. The summed E-state index contributed by atoms with van der Waals surface area (Å²) in [4.78, 5) is 16.2. The molecule has 1 saturated heterocycles. The number of aryl methyl sites for hydroxylation is 1. The van der Waals surface area contributed by atoms with Crippen molar-refractivity contribution in [3.8, 4) is 0 Å². The van der Waals surface area contributed by atoms with Crippen LogP contribution < -0.4 is 5.32 Å². The van der Waals surface area contributed by atoms with Crippen LogP contribution in [0.2, 0.25) is 0 Å². The summed E-state index contributed by atoms with van der Waals surface area (Å²) in [6.07, 6.45) is 5.05. The third-order valence-corrected chi connectivity index (χ3v) is 9.30. The van der Waals surface area contributed by atoms with Gasteiger partial charge in [-0.15, -0.1) is 0 Å². The highest BCUT2D eigenvalue weighted by molar-refractivity contribution is 7.91. The Labute approximate surface area is 213 Å². The van der Waals surface area contributed by atoms with E-state index in [1.807, 2.05) is 6.07 Å². The number of nitrogens with one attached hydrogen (secondary N) is 1. The summed E-state index contributed by atoms with van der Waals surface area (Å²) in [7, 11) is -3.57. The molecule has 2 aromatic heterocycles. The number of hydrogen-bond donors (Lipinski definition) is 1. The molecule has 2 aromatic carbocycles. The van der Waals surface area contributed by atoms with Gasteiger partial charge in [0.25, 0.3) is 0 Å². The van der Waals surface area contributed by atoms with Crippen LogP contribution in [0.5, 0.6) is 0 Å². The van der Waals surface area contributed by atoms with Gasteiger partial charge in [0, 0.05) is 29.9 Å². The van der Waals surface area contributed by atoms with Crippen molar-refractivity contribution in [3.05, 3.63) is 78.9 Å². The molecule has 0 radical (unpaired) electrons. The van der Waals surface area contributed by atoms with Crippen LogP contribution in [-0.2, 0) is 27.4 Å². The van der Waals surface area contributed by atoms with E-state index in [9.17, 15) is 13.0 Å². The van der Waals surface area contributed by atoms with Gasteiger partial charge < -0.3 is 9.87 Å². The first-order chi connectivity index (χ1) is 17.5. The second kappa shape index (κ2) is 10.9. The summed E-state index contributed by atoms with van der Waals surface area (Å²) in [5.41, 5.74) is 2.42. The molecular formula is C26H27N5O3S2. The van der Waals surface area contributed by atoms with Gasteiger partial charge >= 0.3 is 0 Å². The van der Waals surface area contributed by atoms with Crippen molar-refractivity contribution in [2.24, 2.45) is 0 Å². The highest BCUT2D eigenvalue weighted by Crippen LogP contribution is 2.26. The van der Waals surface area contributed by atoms with Crippen LogP contribution in [0.1, 0.15) is 12.1 Å². The molecule has 3 heterocycles. The van der Waals surface area contributed by atoms with Crippen molar-refractivity contribution >= 4 is 43.4 Å². The molecule has 0 saturated carbocycles. The monoisotopic (exact) mass is 521 g/mol. The van der Waals surface area contributed by atoms with Gasteiger partial charge in [-0.1, -0.05) is 29.4 Å². The van der Waals surface area contributed by atoms with Crippen LogP contribution >= 0.6 is 0 Å². The molecule has 1 N–H and O–H groups in total. The molecule has 4 aromatic rings. The zero-order valence-corrected chi connectivity index (χ0v) is 21.3. The summed E-state index contributed by atoms with van der Waals surface area (Å²) in [6.45, 7) is 2.75. The van der Waals surface area contributed by atoms with E-state index in [-0.39, 0.29) is 9.79 Å². The molecule has 10 heteroatoms. The fourth-order valence-corrected chi connectivity index (χ4v) is 6.62. The largest absolute Gasteiger partial charge is 0.616 e. The second-order valence-electron chi connectivity index (χ2n) is 8.67. The van der Waals surface area contributed by atoms with Gasteiger partial charge in [-0.2, -0.15) is 0 Å². The van der Waals surface area contributed by atoms with Gasteiger partial charge in [0.05, 0.1) is 21.5 Å². The third-order valence-electron chi connectivity index (χ3n) is 6.24. The Kier molecular flexibility index (Phi) is 7.47. The lowest BCUT2D eigenvalue weighted by molar-refractivity contribution is 0.291. The van der Waals surface area contributed by atoms with E-state index >= 15 is 0 Å². The van der Waals surface area contributed by atoms with Gasteiger partial charge in [0.1, 0.15) is 23.7 Å². The van der Waals surface area contributed by atoms with Gasteiger partial charge in [-0.05, 0) is 61.9 Å². The van der Waals surface area contributed by atoms with Gasteiger partial charge in [0.15, 0.2) is 0 Å². The molecule has 8 nitrogen and oxygen atoms in total. The van der Waals surface area contributed by atoms with Crippen LogP contribution in [0.3, 0.4) is 0 Å². The van der Waals surface area contributed by atoms with Crippen molar-refractivity contribution in [1.82, 2.24) is 19.9 Å². The first-order valence-corrected chi connectivity index (χ1v) is 14.8. The first-order valence-electron chi connectivity index (χ1n) is 11.8. The van der Waals surface area contributed by atoms with E-state index in [0.29, 0.717) is 5.82 Å². The lowest BCUT2D eigenvalue weighted by Gasteiger charge is -2.27. The topological polar surface area (TPSA) is 111 Å². The smallest absolute Gasteiger partial charge is 0.206 e. The molecule has 36 heavy (non-hydrogen) atoms. The second-order valence-corrected chi connectivity index (χ2v) is 12.3. The van der Waals surface area contributed by atoms with Crippen LogP contribution in [0, 0.1) is 0 Å². The summed E-state index contributed by atoms with van der Waals surface area (Å²) >= 11 is -0.657. The van der Waals surface area contributed by atoms with Crippen molar-refractivity contribution in [2.45, 2.75) is 22.6 Å². The third kappa shape index (κ3) is 5.67. The first kappa shape index (κ1) is 24.6. The van der Waals surface area contributed by atoms with E-state index in [4.69, 9.17) is 0 Å². The molecule has 1 aliphatic rings. The highest BCUT2D eigenvalue weighted by Gasteiger charge is 2.19. The van der Waals surface area contributed by atoms with E-state index in [2.05, 4.69) is 25.2 Å². The maximum absolute atomic E-state index is 12.9. The predicted octanol–water partition coefficient (Wildman–Crippen LogP) is 3.60. The molecule has 0 aliphatic carbocycles. The van der Waals surface area contributed by atoms with E-state index < -0.39 is 21.0 Å². The Morgan fingerprint density at radius 3 is 2.42 bits per heavy atom. The lowest BCUT2D eigenvalue weighted by Crippen LogP contribution is -2.40. The highest BCUT2D eigenvalue weighted by atomic mass is 32.2. The normalized spacial score (nSPS) is 15.2. The zero-order chi connectivity index (χ0) is 25.0. The average molecular weight is 522 g/mol. The number of fused-ring (bicyclic) bond motifs is 1. The standard InChI is InChI=1S/C26H27N5O3S2/c32-35-15-13-31(14-16-35)12-4-5-21-17-24-25(18-27-21)28-19-29-26(24)30-20-8-10-23(11-9-20)36(33,34)22-6-2-1-3-7-22/h1-3,6-11,17-19H,4-5,12-16H2,(H,28,29,30). The predicted molar refractivity (Wildman–Crippen MR) is 142 cm³/mol. The molecule has 0 spiro atoms. The van der Waals surface area contributed by atoms with Gasteiger partial charge in [-0.3, -0.25) is 9.88 Å². The summed E-state index contributed by atoms with van der Waals surface area (Å²) < 4.78 is 37.2. The number of aromatic nitrogens is 3. The number of benzene rings is 2. The molecule has 0 amide bonds. The summed E-state index contributed by atoms with van der Waals surface area (Å²) in [5.74, 6) is 2.17. The van der Waals surface area contributed by atoms with Crippen molar-refractivity contribution in [1.29, 1.82) is 0 Å². The molecule has 1 fully saturated rings. The lowest BCUT2D eigenvalue weighted by atomic mass is 10.1. The minimum Gasteiger partial charge on any atom is -0.616 e. The number of pyridine rings is 1. The Hall–Kier alpha value is -3.05. The molecule has 1 aliphatic heterocycles. The van der Waals surface area contributed by atoms with E-state index in [1.165, 1.54) is 6.33 Å². The Balaban J connectivity index is 1.29. The van der Waals surface area contributed by atoms with Gasteiger partial charge in [-0.25, -0.2) is 18.4 Å². The molecule has 5 rings (SSSR count). The minimum atomic E-state index is -3.57. The maximum atomic E-state index is 12.9. The summed E-state index contributed by atoms with van der Waals surface area (Å²) in [6, 6.07) is 17.1. The van der Waals surface area contributed by atoms with Crippen LogP contribution in [0.15, 0.2) is 83.0 Å². The number of hydrogen-bond acceptors (Lipinski definition) is 8. The number of sulfone groups is 1. The molecule has 186 valence electrons. The Bertz CT molecular complexity index is 1430. The fourth-order valence-electron chi connectivity index (χ4n) is 4.21. The molecular weight excluding hydrogens is 494 g/mol. The van der Waals surface area contributed by atoms with E-state index in [0.717, 1.165) is 66.3 Å². The molecule has 0 unspecified atom stereocenters. The quantitative estimate of drug-likeness (QED) is 0.350. The number of rotatable bonds is 8. The Morgan fingerprint density at radius 2 is 1.67 bits per heavy atom. The van der Waals surface area contributed by atoms with Crippen LogP contribution in [0.4, 0.5) is 11.5 Å². The van der Waals surface area contributed by atoms with Crippen LogP contribution in [0.25, 0.3) is 10.9 Å². The molecule has 0 bridgehead atoms. The average Bonchev–Trinajstić information content (AvgIpc) is 2.91. The molecule has 0 atom stereocenters. The Morgan fingerprint density at radius 1 is 0.944 bits per heavy atom. The van der Waals surface area contributed by atoms with Crippen molar-refractivity contribution < 1.29 is 13.0 Å². The van der Waals surface area contributed by atoms with E-state index in [1.54, 1.807) is 60.8 Å². The number of anilines is 2. The SMILES string of the molecule is O=S(=O)(c1ccccc1)c1ccc(Nc2ncnc3cnc(CCCN4CC[S+]([O-])CC4)cc23)cc1. The minimum absolute atomic E-state index is 0.234. The zero-order valence-electron chi connectivity index (χ0n) is 19.7. The summed E-state index contributed by atoms with van der Waals surface area (Å²) in [5, 5.41) is 4.15. The van der Waals surface area contributed by atoms with Gasteiger partial charge in [0.2, 0.25) is 9.84 Å².